The third kappa shape index (κ3) is 8.46. The molecule has 2 rings (SSSR count). The van der Waals surface area contributed by atoms with E-state index in [1.807, 2.05) is 0 Å². The summed E-state index contributed by atoms with van der Waals surface area (Å²) in [5.41, 5.74) is 0. The summed E-state index contributed by atoms with van der Waals surface area (Å²) >= 11 is 2.47. The van der Waals surface area contributed by atoms with Crippen molar-refractivity contribution in [3.63, 3.8) is 0 Å². The van der Waals surface area contributed by atoms with Gasteiger partial charge in [-0.2, -0.15) is 0 Å². The monoisotopic (exact) mass is 562 g/mol. The summed E-state index contributed by atoms with van der Waals surface area (Å²) in [6, 6.07) is 21.9. The van der Waals surface area contributed by atoms with E-state index in [2.05, 4.69) is 116 Å². The fourth-order valence-electron chi connectivity index (χ4n) is 4.47. The molecule has 0 aliphatic carbocycles. The van der Waals surface area contributed by atoms with Gasteiger partial charge in [0.25, 0.3) is 8.32 Å². The van der Waals surface area contributed by atoms with Crippen LogP contribution in [0.5, 0.6) is 0 Å². The lowest BCUT2D eigenvalue weighted by Gasteiger charge is -2.43. The summed E-state index contributed by atoms with van der Waals surface area (Å²) in [6.45, 7) is 7.90. The van der Waals surface area contributed by atoms with Gasteiger partial charge in [0.1, 0.15) is 0 Å². The van der Waals surface area contributed by atoms with E-state index >= 15 is 0 Å². The second kappa shape index (κ2) is 15.1. The van der Waals surface area contributed by atoms with E-state index in [0.717, 1.165) is 13.0 Å². The molecule has 2 aromatic rings. The molecule has 0 aromatic heterocycles. The summed E-state index contributed by atoms with van der Waals surface area (Å²) in [7, 11) is -2.36. The Morgan fingerprint density at radius 3 is 1.62 bits per heavy atom. The van der Waals surface area contributed by atoms with Gasteiger partial charge in [-0.15, -0.1) is 0 Å². The minimum absolute atomic E-state index is 0.0646. The summed E-state index contributed by atoms with van der Waals surface area (Å²) < 4.78 is 8.28. The first kappa shape index (κ1) is 27.3. The van der Waals surface area contributed by atoms with Gasteiger partial charge in [0.05, 0.1) is 0 Å². The molecule has 0 radical (unpaired) electrons. The molecule has 2 aromatic carbocycles. The zero-order valence-electron chi connectivity index (χ0n) is 20.5. The maximum Gasteiger partial charge on any atom is 0.261 e. The third-order valence-electron chi connectivity index (χ3n) is 6.17. The van der Waals surface area contributed by atoms with E-state index in [-0.39, 0.29) is 5.04 Å². The zero-order chi connectivity index (χ0) is 23.1. The van der Waals surface area contributed by atoms with Gasteiger partial charge in [-0.05, 0) is 58.4 Å². The number of allylic oxidation sites excluding steroid dienone is 2. The molecule has 0 spiro atoms. The molecule has 176 valence electrons. The van der Waals surface area contributed by atoms with Crippen molar-refractivity contribution in [2.75, 3.05) is 11.0 Å². The number of rotatable bonds is 15. The lowest BCUT2D eigenvalue weighted by atomic mass is 10.1. The van der Waals surface area contributed by atoms with Crippen molar-refractivity contribution in [1.29, 1.82) is 0 Å². The first-order chi connectivity index (χ1) is 15.5. The molecular formula is C29H43IOSi. The second-order valence-electron chi connectivity index (χ2n) is 9.72. The van der Waals surface area contributed by atoms with Gasteiger partial charge < -0.3 is 4.43 Å². The van der Waals surface area contributed by atoms with Crippen molar-refractivity contribution in [1.82, 2.24) is 0 Å². The van der Waals surface area contributed by atoms with Crippen molar-refractivity contribution in [2.45, 2.75) is 83.6 Å². The highest BCUT2D eigenvalue weighted by atomic mass is 127. The zero-order valence-corrected chi connectivity index (χ0v) is 23.7. The fourth-order valence-corrected chi connectivity index (χ4v) is 9.62. The standard InChI is InChI=1S/C29H43IOSi/c1-29(2,3)32(27-21-15-13-16-22-27,28-23-17-14-18-24-28)31-26-20-12-10-8-6-4-5-7-9-11-19-25-30/h4,6,13-18,21-24H,5,7-12,19-20,25-26H2,1-3H3/b6-4-. The lowest BCUT2D eigenvalue weighted by Crippen LogP contribution is -2.66. The van der Waals surface area contributed by atoms with Crippen LogP contribution < -0.4 is 10.4 Å². The molecule has 0 aliphatic rings. The van der Waals surface area contributed by atoms with Gasteiger partial charge >= 0.3 is 0 Å². The lowest BCUT2D eigenvalue weighted by molar-refractivity contribution is 0.287. The second-order valence-corrected chi connectivity index (χ2v) is 15.1. The molecular weight excluding hydrogens is 519 g/mol. The first-order valence-corrected chi connectivity index (χ1v) is 15.9. The molecule has 0 amide bonds. The maximum atomic E-state index is 6.98. The molecule has 0 heterocycles. The van der Waals surface area contributed by atoms with Gasteiger partial charge in [-0.1, -0.05) is 135 Å². The van der Waals surface area contributed by atoms with Crippen LogP contribution in [-0.2, 0) is 4.43 Å². The van der Waals surface area contributed by atoms with Crippen molar-refractivity contribution < 1.29 is 4.43 Å². The molecule has 32 heavy (non-hydrogen) atoms. The number of hydrogen-bond acceptors (Lipinski definition) is 1. The summed E-state index contributed by atoms with van der Waals surface area (Å²) in [5, 5.41) is 2.81. The van der Waals surface area contributed by atoms with Crippen LogP contribution in [0.25, 0.3) is 0 Å². The molecule has 1 nitrogen and oxygen atoms in total. The highest BCUT2D eigenvalue weighted by molar-refractivity contribution is 14.1. The van der Waals surface area contributed by atoms with Crippen molar-refractivity contribution >= 4 is 41.3 Å². The Kier molecular flexibility index (Phi) is 12.9. The normalized spacial score (nSPS) is 12.5. The van der Waals surface area contributed by atoms with Crippen molar-refractivity contribution in [2.24, 2.45) is 0 Å². The molecule has 0 aliphatic heterocycles. The van der Waals surface area contributed by atoms with Crippen molar-refractivity contribution in [3.8, 4) is 0 Å². The molecule has 0 bridgehead atoms. The largest absolute Gasteiger partial charge is 0.407 e. The third-order valence-corrected chi connectivity index (χ3v) is 12.0. The predicted molar refractivity (Wildman–Crippen MR) is 153 cm³/mol. The fraction of sp³-hybridized carbons (Fsp3) is 0.517. The number of hydrogen-bond donors (Lipinski definition) is 0. The summed E-state index contributed by atoms with van der Waals surface area (Å²) in [4.78, 5) is 0. The highest BCUT2D eigenvalue weighted by Gasteiger charge is 2.49. The summed E-state index contributed by atoms with van der Waals surface area (Å²) in [6.07, 6.45) is 16.4. The number of benzene rings is 2. The van der Waals surface area contributed by atoms with E-state index in [1.54, 1.807) is 0 Å². The topological polar surface area (TPSA) is 9.23 Å². The van der Waals surface area contributed by atoms with Gasteiger partial charge in [-0.25, -0.2) is 0 Å². The molecule has 0 saturated carbocycles. The van der Waals surface area contributed by atoms with Crippen LogP contribution >= 0.6 is 22.6 Å². The van der Waals surface area contributed by atoms with Crippen LogP contribution in [0, 0.1) is 0 Å². The quantitative estimate of drug-likeness (QED) is 0.0702. The Hall–Kier alpha value is -0.913. The Morgan fingerprint density at radius 2 is 1.16 bits per heavy atom. The van der Waals surface area contributed by atoms with Gasteiger partial charge in [0.15, 0.2) is 0 Å². The van der Waals surface area contributed by atoms with Crippen LogP contribution in [0.1, 0.15) is 78.6 Å². The van der Waals surface area contributed by atoms with E-state index < -0.39 is 8.32 Å². The highest BCUT2D eigenvalue weighted by Crippen LogP contribution is 2.36. The molecule has 0 unspecified atom stereocenters. The van der Waals surface area contributed by atoms with Gasteiger partial charge in [-0.3, -0.25) is 0 Å². The van der Waals surface area contributed by atoms with E-state index in [0.29, 0.717) is 0 Å². The minimum Gasteiger partial charge on any atom is -0.407 e. The Balaban J connectivity index is 1.87. The molecule has 0 atom stereocenters. The molecule has 0 N–H and O–H groups in total. The average molecular weight is 563 g/mol. The molecule has 0 fully saturated rings. The summed E-state index contributed by atoms with van der Waals surface area (Å²) in [5.74, 6) is 0. The maximum absolute atomic E-state index is 6.98. The van der Waals surface area contributed by atoms with Crippen LogP contribution in [0.3, 0.4) is 0 Å². The molecule has 3 heteroatoms. The van der Waals surface area contributed by atoms with Gasteiger partial charge in [0, 0.05) is 6.61 Å². The molecule has 0 saturated heterocycles. The predicted octanol–water partition coefficient (Wildman–Crippen LogP) is 8.07. The van der Waals surface area contributed by atoms with E-state index in [9.17, 15) is 0 Å². The number of unbranched alkanes of at least 4 members (excludes halogenated alkanes) is 7. The average Bonchev–Trinajstić information content (AvgIpc) is 2.80. The van der Waals surface area contributed by atoms with Crippen LogP contribution in [-0.4, -0.2) is 19.4 Å². The Morgan fingerprint density at radius 1 is 0.688 bits per heavy atom. The van der Waals surface area contributed by atoms with E-state index in [4.69, 9.17) is 4.43 Å². The van der Waals surface area contributed by atoms with E-state index in [1.165, 1.54) is 66.2 Å². The van der Waals surface area contributed by atoms with Crippen LogP contribution in [0.2, 0.25) is 5.04 Å². The van der Waals surface area contributed by atoms with Crippen molar-refractivity contribution in [3.05, 3.63) is 72.8 Å². The SMILES string of the molecule is CC(C)(C)[Si](OCCCCC/C=C\CCCCCCI)(c1ccccc1)c1ccccc1. The number of alkyl halides is 1. The number of halogens is 1. The Labute approximate surface area is 212 Å². The van der Waals surface area contributed by atoms with Gasteiger partial charge in [0.2, 0.25) is 0 Å². The Bertz CT molecular complexity index is 712. The smallest absolute Gasteiger partial charge is 0.261 e. The van der Waals surface area contributed by atoms with Crippen LogP contribution in [0.4, 0.5) is 0 Å². The minimum atomic E-state index is -2.36. The first-order valence-electron chi connectivity index (χ1n) is 12.5. The van der Waals surface area contributed by atoms with Crippen LogP contribution in [0.15, 0.2) is 72.8 Å².